The van der Waals surface area contributed by atoms with E-state index in [-0.39, 0.29) is 0 Å². The molecule has 0 N–H and O–H groups in total. The molecule has 17 heavy (non-hydrogen) atoms. The molecule has 0 saturated carbocycles. The Kier molecular flexibility index (Phi) is 3.74. The third-order valence-electron chi connectivity index (χ3n) is 2.39. The Bertz CT molecular complexity index is 562. The molecule has 0 unspecified atom stereocenters. The van der Waals surface area contributed by atoms with E-state index in [9.17, 15) is 5.26 Å². The molecule has 2 heteroatoms. The second kappa shape index (κ2) is 5.47. The fourth-order valence-corrected chi connectivity index (χ4v) is 1.79. The van der Waals surface area contributed by atoms with Crippen molar-refractivity contribution in [3.63, 3.8) is 0 Å². The fraction of sp³-hybridized carbons (Fsp3) is 0. The summed E-state index contributed by atoms with van der Waals surface area (Å²) in [7, 11) is 0. The highest BCUT2D eigenvalue weighted by Crippen LogP contribution is 2.19. The molecule has 0 aliphatic carbocycles. The highest BCUT2D eigenvalue weighted by Gasteiger charge is 2.00. The van der Waals surface area contributed by atoms with Gasteiger partial charge in [-0.15, -0.1) is 0 Å². The molecule has 0 saturated heterocycles. The average molecular weight is 284 g/mol. The molecule has 82 valence electrons. The van der Waals surface area contributed by atoms with E-state index in [0.717, 1.165) is 15.6 Å². The molecule has 0 fully saturated rings. The minimum atomic E-state index is 0.670. The van der Waals surface area contributed by atoms with Gasteiger partial charge in [0.25, 0.3) is 0 Å². The minimum absolute atomic E-state index is 0.670. The van der Waals surface area contributed by atoms with Crippen LogP contribution in [0, 0.1) is 11.3 Å². The van der Waals surface area contributed by atoms with Crippen LogP contribution in [-0.4, -0.2) is 0 Å². The van der Waals surface area contributed by atoms with Crippen molar-refractivity contribution in [1.82, 2.24) is 0 Å². The van der Waals surface area contributed by atoms with Crippen molar-refractivity contribution in [2.45, 2.75) is 0 Å². The Morgan fingerprint density at radius 3 is 2.24 bits per heavy atom. The van der Waals surface area contributed by atoms with Gasteiger partial charge in [0.2, 0.25) is 0 Å². The number of halogens is 1. The first-order valence-corrected chi connectivity index (χ1v) is 6.01. The highest BCUT2D eigenvalue weighted by atomic mass is 79.9. The molecule has 0 aromatic heterocycles. The number of hydrogen-bond acceptors (Lipinski definition) is 1. The van der Waals surface area contributed by atoms with E-state index in [2.05, 4.69) is 22.0 Å². The van der Waals surface area contributed by atoms with Crippen LogP contribution in [0.5, 0.6) is 0 Å². The van der Waals surface area contributed by atoms with Crippen molar-refractivity contribution < 1.29 is 0 Å². The molecule has 0 atom stereocenters. The molecule has 2 aromatic carbocycles. The molecule has 1 nitrogen and oxygen atoms in total. The molecule has 2 aromatic rings. The average Bonchev–Trinajstić information content (AvgIpc) is 2.38. The molecule has 0 heterocycles. The second-order valence-electron chi connectivity index (χ2n) is 3.59. The van der Waals surface area contributed by atoms with Gasteiger partial charge in [-0.1, -0.05) is 58.4 Å². The van der Waals surface area contributed by atoms with Gasteiger partial charge in [-0.05, 0) is 29.3 Å². The van der Waals surface area contributed by atoms with E-state index in [1.807, 2.05) is 60.7 Å². The normalized spacial score (nSPS) is 10.9. The smallest absolute Gasteiger partial charge is 0.0998 e. The largest absolute Gasteiger partial charge is 0.192 e. The van der Waals surface area contributed by atoms with Gasteiger partial charge in [0.15, 0.2) is 0 Å². The van der Waals surface area contributed by atoms with Gasteiger partial charge < -0.3 is 0 Å². The van der Waals surface area contributed by atoms with E-state index in [1.54, 1.807) is 0 Å². The second-order valence-corrected chi connectivity index (χ2v) is 4.50. The first kappa shape index (κ1) is 11.6. The Morgan fingerprint density at radius 2 is 1.65 bits per heavy atom. The van der Waals surface area contributed by atoms with Crippen molar-refractivity contribution in [1.29, 1.82) is 5.26 Å². The van der Waals surface area contributed by atoms with Crippen LogP contribution < -0.4 is 0 Å². The van der Waals surface area contributed by atoms with E-state index in [0.29, 0.717) is 5.57 Å². The summed E-state index contributed by atoms with van der Waals surface area (Å²) in [5, 5.41) is 9.18. The van der Waals surface area contributed by atoms with Crippen molar-refractivity contribution in [2.24, 2.45) is 0 Å². The number of rotatable bonds is 2. The minimum Gasteiger partial charge on any atom is -0.192 e. The monoisotopic (exact) mass is 283 g/mol. The maximum atomic E-state index is 9.18. The molecule has 2 rings (SSSR count). The van der Waals surface area contributed by atoms with E-state index >= 15 is 0 Å². The van der Waals surface area contributed by atoms with Crippen LogP contribution in [-0.2, 0) is 0 Å². The first-order chi connectivity index (χ1) is 8.29. The maximum Gasteiger partial charge on any atom is 0.0998 e. The fourth-order valence-electron chi connectivity index (χ4n) is 1.53. The van der Waals surface area contributed by atoms with Gasteiger partial charge in [-0.2, -0.15) is 5.26 Å². The van der Waals surface area contributed by atoms with Crippen molar-refractivity contribution >= 4 is 27.6 Å². The SMILES string of the molecule is N#C/C(=C\c1ccccc1)c1ccc(Br)cc1. The lowest BCUT2D eigenvalue weighted by Gasteiger charge is -2.00. The van der Waals surface area contributed by atoms with Gasteiger partial charge in [0.05, 0.1) is 11.6 Å². The molecule has 0 amide bonds. The molecule has 0 aliphatic rings. The van der Waals surface area contributed by atoms with E-state index < -0.39 is 0 Å². The zero-order chi connectivity index (χ0) is 12.1. The molecule has 0 aliphatic heterocycles. The zero-order valence-corrected chi connectivity index (χ0v) is 10.7. The Labute approximate surface area is 109 Å². The quantitative estimate of drug-likeness (QED) is 0.588. The topological polar surface area (TPSA) is 23.8 Å². The number of benzene rings is 2. The lowest BCUT2D eigenvalue weighted by molar-refractivity contribution is 1.52. The molecular weight excluding hydrogens is 274 g/mol. The standard InChI is InChI=1S/C15H10BrN/c16-15-8-6-13(7-9-15)14(11-17)10-12-4-2-1-3-5-12/h1-10H/b14-10+. The van der Waals surface area contributed by atoms with Gasteiger partial charge in [0, 0.05) is 4.47 Å². The van der Waals surface area contributed by atoms with E-state index in [4.69, 9.17) is 0 Å². The van der Waals surface area contributed by atoms with Gasteiger partial charge in [-0.3, -0.25) is 0 Å². The third kappa shape index (κ3) is 3.05. The molecule has 0 spiro atoms. The predicted octanol–water partition coefficient (Wildman–Crippen LogP) is 4.51. The van der Waals surface area contributed by atoms with Crippen LogP contribution in [0.2, 0.25) is 0 Å². The van der Waals surface area contributed by atoms with Crippen molar-refractivity contribution in [3.8, 4) is 6.07 Å². The predicted molar refractivity (Wildman–Crippen MR) is 74.1 cm³/mol. The van der Waals surface area contributed by atoms with Crippen molar-refractivity contribution in [3.05, 3.63) is 70.2 Å². The molecular formula is C15H10BrN. The third-order valence-corrected chi connectivity index (χ3v) is 2.91. The summed E-state index contributed by atoms with van der Waals surface area (Å²) in [5.74, 6) is 0. The molecule has 0 bridgehead atoms. The lowest BCUT2D eigenvalue weighted by atomic mass is 10.0. The number of nitrogens with zero attached hydrogens (tertiary/aromatic N) is 1. The van der Waals surface area contributed by atoms with Gasteiger partial charge in [0.1, 0.15) is 0 Å². The van der Waals surface area contributed by atoms with Gasteiger partial charge >= 0.3 is 0 Å². The van der Waals surface area contributed by atoms with Crippen LogP contribution in [0.4, 0.5) is 0 Å². The van der Waals surface area contributed by atoms with Crippen LogP contribution >= 0.6 is 15.9 Å². The number of nitriles is 1. The summed E-state index contributed by atoms with van der Waals surface area (Å²) in [6.45, 7) is 0. The van der Waals surface area contributed by atoms with Gasteiger partial charge in [-0.25, -0.2) is 0 Å². The summed E-state index contributed by atoms with van der Waals surface area (Å²) in [4.78, 5) is 0. The first-order valence-electron chi connectivity index (χ1n) is 5.22. The number of allylic oxidation sites excluding steroid dienone is 1. The summed E-state index contributed by atoms with van der Waals surface area (Å²) >= 11 is 3.38. The summed E-state index contributed by atoms with van der Waals surface area (Å²) in [6.07, 6.45) is 1.89. The number of hydrogen-bond donors (Lipinski definition) is 0. The van der Waals surface area contributed by atoms with Crippen LogP contribution in [0.1, 0.15) is 11.1 Å². The van der Waals surface area contributed by atoms with E-state index in [1.165, 1.54) is 0 Å². The Balaban J connectivity index is 2.38. The zero-order valence-electron chi connectivity index (χ0n) is 9.10. The molecule has 0 radical (unpaired) electrons. The summed E-state index contributed by atoms with van der Waals surface area (Å²) in [6, 6.07) is 19.8. The van der Waals surface area contributed by atoms with Crippen LogP contribution in [0.3, 0.4) is 0 Å². The lowest BCUT2D eigenvalue weighted by Crippen LogP contribution is -1.81. The highest BCUT2D eigenvalue weighted by molar-refractivity contribution is 9.10. The van der Waals surface area contributed by atoms with Crippen LogP contribution in [0.15, 0.2) is 59.1 Å². The Morgan fingerprint density at radius 1 is 1.00 bits per heavy atom. The maximum absolute atomic E-state index is 9.18. The van der Waals surface area contributed by atoms with Crippen LogP contribution in [0.25, 0.3) is 11.6 Å². The summed E-state index contributed by atoms with van der Waals surface area (Å²) < 4.78 is 1.01. The Hall–Kier alpha value is -1.85. The van der Waals surface area contributed by atoms with Crippen molar-refractivity contribution in [2.75, 3.05) is 0 Å². The summed E-state index contributed by atoms with van der Waals surface area (Å²) in [5.41, 5.74) is 2.63.